The van der Waals surface area contributed by atoms with E-state index in [4.69, 9.17) is 4.74 Å². The molecule has 0 saturated carbocycles. The van der Waals surface area contributed by atoms with Crippen LogP contribution in [0.15, 0.2) is 50.5 Å². The molecule has 0 amide bonds. The molecule has 1 aromatic heterocycles. The molecule has 1 aromatic carbocycles. The van der Waals surface area contributed by atoms with E-state index in [1.807, 2.05) is 0 Å². The second kappa shape index (κ2) is 7.76. The Morgan fingerprint density at radius 3 is 2.52 bits per heavy atom. The zero-order chi connectivity index (χ0) is 16.9. The molecule has 0 bridgehead atoms. The van der Waals surface area contributed by atoms with Crippen molar-refractivity contribution in [1.29, 1.82) is 0 Å². The van der Waals surface area contributed by atoms with E-state index < -0.39 is 16.0 Å². The molecule has 5 nitrogen and oxygen atoms in total. The smallest absolute Gasteiger partial charge is 0.330 e. The minimum absolute atomic E-state index is 0.232. The Hall–Kier alpha value is -1.64. The normalized spacial score (nSPS) is 11.6. The average molecular weight is 416 g/mol. The van der Waals surface area contributed by atoms with Crippen LogP contribution in [0.4, 0.5) is 5.69 Å². The first-order chi connectivity index (χ1) is 10.9. The monoisotopic (exact) mass is 415 g/mol. The first-order valence-corrected chi connectivity index (χ1v) is 9.73. The summed E-state index contributed by atoms with van der Waals surface area (Å²) < 4.78 is 32.7. The van der Waals surface area contributed by atoms with Gasteiger partial charge in [0.15, 0.2) is 0 Å². The fourth-order valence-electron chi connectivity index (χ4n) is 1.66. The van der Waals surface area contributed by atoms with E-state index in [0.717, 1.165) is 20.7 Å². The highest BCUT2D eigenvalue weighted by Crippen LogP contribution is 2.27. The van der Waals surface area contributed by atoms with E-state index in [1.54, 1.807) is 43.3 Å². The lowest BCUT2D eigenvalue weighted by molar-refractivity contribution is -0.137. The molecule has 2 rings (SSSR count). The van der Waals surface area contributed by atoms with E-state index in [-0.39, 0.29) is 4.21 Å². The van der Waals surface area contributed by atoms with E-state index >= 15 is 0 Å². The maximum atomic E-state index is 12.2. The number of hydrogen-bond acceptors (Lipinski definition) is 5. The number of esters is 1. The molecule has 0 unspecified atom stereocenters. The van der Waals surface area contributed by atoms with Crippen LogP contribution in [-0.2, 0) is 19.6 Å². The molecule has 0 atom stereocenters. The molecule has 2 aromatic rings. The lowest BCUT2D eigenvalue weighted by atomic mass is 10.2. The molecule has 0 aliphatic rings. The SMILES string of the molecule is CCOC(=O)C=Cc1ccc(NS(=O)(=O)c2ccc(Br)s2)cc1. The van der Waals surface area contributed by atoms with E-state index in [9.17, 15) is 13.2 Å². The number of rotatable bonds is 6. The third-order valence-corrected chi connectivity index (χ3v) is 6.17. The van der Waals surface area contributed by atoms with Crippen molar-refractivity contribution in [2.45, 2.75) is 11.1 Å². The van der Waals surface area contributed by atoms with Crippen molar-refractivity contribution in [3.05, 3.63) is 51.8 Å². The van der Waals surface area contributed by atoms with Gasteiger partial charge >= 0.3 is 5.97 Å². The number of thiophene rings is 1. The molecule has 0 spiro atoms. The van der Waals surface area contributed by atoms with Crippen LogP contribution in [0.25, 0.3) is 6.08 Å². The summed E-state index contributed by atoms with van der Waals surface area (Å²) >= 11 is 4.38. The number of nitrogens with one attached hydrogen (secondary N) is 1. The Labute approximate surface area is 147 Å². The van der Waals surface area contributed by atoms with Crippen LogP contribution in [0.2, 0.25) is 0 Å². The molecule has 0 radical (unpaired) electrons. The van der Waals surface area contributed by atoms with Gasteiger partial charge in [-0.05, 0) is 58.8 Å². The van der Waals surface area contributed by atoms with Crippen molar-refractivity contribution < 1.29 is 17.9 Å². The summed E-state index contributed by atoms with van der Waals surface area (Å²) in [6, 6.07) is 9.89. The number of carbonyl (C=O) groups is 1. The Morgan fingerprint density at radius 2 is 1.96 bits per heavy atom. The Morgan fingerprint density at radius 1 is 1.26 bits per heavy atom. The summed E-state index contributed by atoms with van der Waals surface area (Å²) in [5, 5.41) is 0. The Balaban J connectivity index is 2.07. The molecule has 122 valence electrons. The van der Waals surface area contributed by atoms with Crippen LogP contribution in [0.5, 0.6) is 0 Å². The van der Waals surface area contributed by atoms with Gasteiger partial charge in [-0.15, -0.1) is 11.3 Å². The molecule has 0 aliphatic carbocycles. The predicted octanol–water partition coefficient (Wildman–Crippen LogP) is 3.89. The zero-order valence-corrected chi connectivity index (χ0v) is 15.4. The number of hydrogen-bond donors (Lipinski definition) is 1. The maximum Gasteiger partial charge on any atom is 0.330 e. The van der Waals surface area contributed by atoms with Crippen LogP contribution in [-0.4, -0.2) is 21.0 Å². The summed E-state index contributed by atoms with van der Waals surface area (Å²) in [6.45, 7) is 2.06. The second-order valence-electron chi connectivity index (χ2n) is 4.37. The van der Waals surface area contributed by atoms with Crippen molar-refractivity contribution in [1.82, 2.24) is 0 Å². The highest BCUT2D eigenvalue weighted by Gasteiger charge is 2.16. The van der Waals surface area contributed by atoms with Gasteiger partial charge in [0.2, 0.25) is 0 Å². The van der Waals surface area contributed by atoms with Crippen molar-refractivity contribution in [2.75, 3.05) is 11.3 Å². The molecule has 1 heterocycles. The zero-order valence-electron chi connectivity index (χ0n) is 12.2. The third-order valence-electron chi connectivity index (χ3n) is 2.67. The fraction of sp³-hybridized carbons (Fsp3) is 0.133. The topological polar surface area (TPSA) is 72.5 Å². The van der Waals surface area contributed by atoms with Crippen LogP contribution in [0.1, 0.15) is 12.5 Å². The molecule has 23 heavy (non-hydrogen) atoms. The molecule has 1 N–H and O–H groups in total. The number of carbonyl (C=O) groups excluding carboxylic acids is 1. The van der Waals surface area contributed by atoms with E-state index in [0.29, 0.717) is 12.3 Å². The largest absolute Gasteiger partial charge is 0.463 e. The number of halogens is 1. The van der Waals surface area contributed by atoms with Gasteiger partial charge in [-0.25, -0.2) is 13.2 Å². The summed E-state index contributed by atoms with van der Waals surface area (Å²) in [5.41, 5.74) is 1.21. The standard InChI is InChI=1S/C15H14BrNO4S2/c1-2-21-14(18)9-5-11-3-6-12(7-4-11)17-23(19,20)15-10-8-13(16)22-15/h3-10,17H,2H2,1H3. The van der Waals surface area contributed by atoms with Gasteiger partial charge in [0.1, 0.15) is 4.21 Å². The lowest BCUT2D eigenvalue weighted by Gasteiger charge is -2.06. The molecular weight excluding hydrogens is 402 g/mol. The van der Waals surface area contributed by atoms with Gasteiger partial charge in [0.25, 0.3) is 10.0 Å². The van der Waals surface area contributed by atoms with Crippen molar-refractivity contribution in [3.63, 3.8) is 0 Å². The lowest BCUT2D eigenvalue weighted by Crippen LogP contribution is -2.11. The number of ether oxygens (including phenoxy) is 1. The quantitative estimate of drug-likeness (QED) is 0.573. The van der Waals surface area contributed by atoms with Crippen molar-refractivity contribution in [2.24, 2.45) is 0 Å². The molecule has 0 fully saturated rings. The summed E-state index contributed by atoms with van der Waals surface area (Å²) in [6.07, 6.45) is 2.93. The predicted molar refractivity (Wildman–Crippen MR) is 94.9 cm³/mol. The molecule has 0 aliphatic heterocycles. The van der Waals surface area contributed by atoms with Gasteiger partial charge in [-0.1, -0.05) is 12.1 Å². The Kier molecular flexibility index (Phi) is 5.97. The molecule has 0 saturated heterocycles. The number of anilines is 1. The van der Waals surface area contributed by atoms with Gasteiger partial charge in [0, 0.05) is 11.8 Å². The van der Waals surface area contributed by atoms with Crippen LogP contribution in [0.3, 0.4) is 0 Å². The number of sulfonamides is 1. The molecular formula is C15H14BrNO4S2. The first-order valence-electron chi connectivity index (χ1n) is 6.64. The van der Waals surface area contributed by atoms with Crippen LogP contribution in [0, 0.1) is 0 Å². The van der Waals surface area contributed by atoms with Gasteiger partial charge in [-0.3, -0.25) is 4.72 Å². The highest BCUT2D eigenvalue weighted by atomic mass is 79.9. The van der Waals surface area contributed by atoms with Crippen molar-refractivity contribution in [3.8, 4) is 0 Å². The minimum Gasteiger partial charge on any atom is -0.463 e. The van der Waals surface area contributed by atoms with Crippen LogP contribution < -0.4 is 4.72 Å². The first kappa shape index (κ1) is 17.7. The summed E-state index contributed by atoms with van der Waals surface area (Å²) in [4.78, 5) is 11.2. The fourth-order valence-corrected chi connectivity index (χ4v) is 4.73. The van der Waals surface area contributed by atoms with E-state index in [1.165, 1.54) is 12.1 Å². The van der Waals surface area contributed by atoms with Gasteiger partial charge in [-0.2, -0.15) is 0 Å². The Bertz CT molecular complexity index is 810. The average Bonchev–Trinajstić information content (AvgIpc) is 2.94. The van der Waals surface area contributed by atoms with Gasteiger partial charge in [0.05, 0.1) is 10.4 Å². The highest BCUT2D eigenvalue weighted by molar-refractivity contribution is 9.11. The van der Waals surface area contributed by atoms with Gasteiger partial charge < -0.3 is 4.74 Å². The second-order valence-corrected chi connectivity index (χ2v) is 8.74. The summed E-state index contributed by atoms with van der Waals surface area (Å²) in [5.74, 6) is -0.416. The van der Waals surface area contributed by atoms with Crippen molar-refractivity contribution >= 4 is 55.0 Å². The summed E-state index contributed by atoms with van der Waals surface area (Å²) in [7, 11) is -3.59. The maximum absolute atomic E-state index is 12.2. The van der Waals surface area contributed by atoms with Crippen LogP contribution >= 0.6 is 27.3 Å². The third kappa shape index (κ3) is 5.19. The van der Waals surface area contributed by atoms with E-state index in [2.05, 4.69) is 20.7 Å². The molecule has 8 heteroatoms. The number of benzene rings is 1. The minimum atomic E-state index is -3.59.